The van der Waals surface area contributed by atoms with Crippen molar-refractivity contribution in [3.8, 4) is 0 Å². The Balaban J connectivity index is 2.01. The van der Waals surface area contributed by atoms with Gasteiger partial charge < -0.3 is 5.32 Å². The van der Waals surface area contributed by atoms with Crippen LogP contribution in [0.25, 0.3) is 0 Å². The summed E-state index contributed by atoms with van der Waals surface area (Å²) < 4.78 is 14.4. The Hall–Kier alpha value is -1.78. The zero-order valence-corrected chi connectivity index (χ0v) is 12.9. The van der Waals surface area contributed by atoms with Gasteiger partial charge in [-0.15, -0.1) is 0 Å². The number of pyridine rings is 1. The van der Waals surface area contributed by atoms with E-state index >= 15 is 0 Å². The fourth-order valence-corrected chi connectivity index (χ4v) is 3.01. The minimum atomic E-state index is -0.160. The monoisotopic (exact) mass is 299 g/mol. The van der Waals surface area contributed by atoms with Crippen molar-refractivity contribution in [3.05, 3.63) is 65.2 Å². The molecule has 116 valence electrons. The van der Waals surface area contributed by atoms with E-state index in [-0.39, 0.29) is 11.9 Å². The molecule has 2 heterocycles. The molecular weight excluding hydrogens is 277 g/mol. The van der Waals surface area contributed by atoms with E-state index in [1.165, 1.54) is 6.07 Å². The van der Waals surface area contributed by atoms with Crippen LogP contribution < -0.4 is 5.32 Å². The van der Waals surface area contributed by atoms with Gasteiger partial charge in [0, 0.05) is 31.4 Å². The Bertz CT molecular complexity index is 604. The Morgan fingerprint density at radius 3 is 2.77 bits per heavy atom. The van der Waals surface area contributed by atoms with Gasteiger partial charge in [0.1, 0.15) is 5.82 Å². The minimum Gasteiger partial charge on any atom is -0.315 e. The number of benzene rings is 1. The maximum atomic E-state index is 14.4. The van der Waals surface area contributed by atoms with Crippen molar-refractivity contribution >= 4 is 0 Å². The fraction of sp³-hybridized carbons (Fsp3) is 0.389. The number of nitrogens with one attached hydrogen (secondary N) is 1. The Kier molecular flexibility index (Phi) is 4.80. The highest BCUT2D eigenvalue weighted by molar-refractivity contribution is 5.30. The third kappa shape index (κ3) is 3.34. The van der Waals surface area contributed by atoms with Gasteiger partial charge in [0.25, 0.3) is 0 Å². The van der Waals surface area contributed by atoms with Crippen LogP contribution in [-0.2, 0) is 0 Å². The van der Waals surface area contributed by atoms with Gasteiger partial charge in [-0.2, -0.15) is 0 Å². The minimum absolute atomic E-state index is 0.123. The van der Waals surface area contributed by atoms with Crippen molar-refractivity contribution in [2.45, 2.75) is 19.4 Å². The van der Waals surface area contributed by atoms with Crippen molar-refractivity contribution < 1.29 is 4.39 Å². The second-order valence-electron chi connectivity index (χ2n) is 5.82. The summed E-state index contributed by atoms with van der Waals surface area (Å²) in [5.74, 6) is -0.160. The van der Waals surface area contributed by atoms with E-state index in [2.05, 4.69) is 15.2 Å². The predicted octanol–water partition coefficient (Wildman–Crippen LogP) is 2.91. The van der Waals surface area contributed by atoms with E-state index in [1.54, 1.807) is 6.07 Å². The first-order valence-corrected chi connectivity index (χ1v) is 7.87. The lowest BCUT2D eigenvalue weighted by Crippen LogP contribution is -2.34. The average molecular weight is 299 g/mol. The molecule has 3 nitrogen and oxygen atoms in total. The molecule has 0 spiro atoms. The topological polar surface area (TPSA) is 28.2 Å². The molecule has 1 fully saturated rings. The van der Waals surface area contributed by atoms with Crippen LogP contribution in [0.1, 0.15) is 29.3 Å². The molecule has 1 unspecified atom stereocenters. The molecule has 2 aromatic rings. The molecule has 1 aromatic carbocycles. The second-order valence-corrected chi connectivity index (χ2v) is 5.82. The van der Waals surface area contributed by atoms with Crippen molar-refractivity contribution in [2.24, 2.45) is 0 Å². The molecule has 1 aliphatic rings. The van der Waals surface area contributed by atoms with Crippen molar-refractivity contribution in [1.29, 1.82) is 0 Å². The maximum absolute atomic E-state index is 14.4. The average Bonchev–Trinajstić information content (AvgIpc) is 2.80. The molecule has 1 atom stereocenters. The highest BCUT2D eigenvalue weighted by atomic mass is 19.1. The first-order chi connectivity index (χ1) is 10.8. The summed E-state index contributed by atoms with van der Waals surface area (Å²) in [6.45, 7) is 5.81. The van der Waals surface area contributed by atoms with Crippen LogP contribution in [0.15, 0.2) is 42.6 Å². The first-order valence-electron chi connectivity index (χ1n) is 7.87. The molecule has 3 rings (SSSR count). The van der Waals surface area contributed by atoms with Gasteiger partial charge in [0.15, 0.2) is 0 Å². The van der Waals surface area contributed by atoms with Gasteiger partial charge in [-0.3, -0.25) is 9.88 Å². The molecule has 0 bridgehead atoms. The maximum Gasteiger partial charge on any atom is 0.128 e. The zero-order valence-electron chi connectivity index (χ0n) is 12.9. The van der Waals surface area contributed by atoms with E-state index in [9.17, 15) is 4.39 Å². The summed E-state index contributed by atoms with van der Waals surface area (Å²) in [5, 5.41) is 3.40. The highest BCUT2D eigenvalue weighted by Gasteiger charge is 2.26. The van der Waals surface area contributed by atoms with Crippen molar-refractivity contribution in [1.82, 2.24) is 15.2 Å². The summed E-state index contributed by atoms with van der Waals surface area (Å²) in [6.07, 6.45) is 2.93. The number of nitrogens with zero attached hydrogens (tertiary/aromatic N) is 2. The van der Waals surface area contributed by atoms with Gasteiger partial charge in [-0.1, -0.05) is 24.3 Å². The standard InChI is InChI=1S/C18H22FN3/c1-14-7-8-17(21-13-14)18(15-5-2-3-6-16(15)19)22-11-4-9-20-10-12-22/h2-3,5-8,13,18,20H,4,9-12H2,1H3. The summed E-state index contributed by atoms with van der Waals surface area (Å²) in [5.41, 5.74) is 2.74. The molecule has 4 heteroatoms. The Morgan fingerprint density at radius 2 is 2.00 bits per heavy atom. The van der Waals surface area contributed by atoms with Gasteiger partial charge in [0.2, 0.25) is 0 Å². The molecular formula is C18H22FN3. The molecule has 0 saturated carbocycles. The number of aromatic nitrogens is 1. The third-order valence-electron chi connectivity index (χ3n) is 4.15. The largest absolute Gasteiger partial charge is 0.315 e. The second kappa shape index (κ2) is 6.99. The fourth-order valence-electron chi connectivity index (χ4n) is 3.01. The SMILES string of the molecule is Cc1ccc(C(c2ccccc2F)N2CCCNCC2)nc1. The number of aryl methyl sites for hydroxylation is 1. The van der Waals surface area contributed by atoms with E-state index in [0.717, 1.165) is 43.9 Å². The molecule has 1 aliphatic heterocycles. The lowest BCUT2D eigenvalue weighted by molar-refractivity contribution is 0.233. The van der Waals surface area contributed by atoms with Crippen LogP contribution in [0.2, 0.25) is 0 Å². The predicted molar refractivity (Wildman–Crippen MR) is 86.3 cm³/mol. The van der Waals surface area contributed by atoms with Gasteiger partial charge in [0.05, 0.1) is 11.7 Å². The Labute approximate surface area is 131 Å². The lowest BCUT2D eigenvalue weighted by Gasteiger charge is -2.30. The number of rotatable bonds is 3. The number of hydrogen-bond donors (Lipinski definition) is 1. The van der Waals surface area contributed by atoms with Crippen molar-refractivity contribution in [2.75, 3.05) is 26.2 Å². The lowest BCUT2D eigenvalue weighted by atomic mass is 10.00. The van der Waals surface area contributed by atoms with E-state index < -0.39 is 0 Å². The summed E-state index contributed by atoms with van der Waals surface area (Å²) >= 11 is 0. The van der Waals surface area contributed by atoms with Crippen LogP contribution in [0.4, 0.5) is 4.39 Å². The molecule has 0 amide bonds. The van der Waals surface area contributed by atoms with E-state index in [1.807, 2.05) is 37.4 Å². The summed E-state index contributed by atoms with van der Waals surface area (Å²) in [7, 11) is 0. The molecule has 1 aromatic heterocycles. The first kappa shape index (κ1) is 15.1. The van der Waals surface area contributed by atoms with Crippen LogP contribution in [-0.4, -0.2) is 36.1 Å². The molecule has 0 radical (unpaired) electrons. The van der Waals surface area contributed by atoms with Gasteiger partial charge >= 0.3 is 0 Å². The normalized spacial score (nSPS) is 17.9. The van der Waals surface area contributed by atoms with Crippen LogP contribution in [0, 0.1) is 12.7 Å². The highest BCUT2D eigenvalue weighted by Crippen LogP contribution is 2.29. The summed E-state index contributed by atoms with van der Waals surface area (Å²) in [6, 6.07) is 11.0. The van der Waals surface area contributed by atoms with Crippen LogP contribution >= 0.6 is 0 Å². The quantitative estimate of drug-likeness (QED) is 0.944. The number of halogens is 1. The zero-order chi connectivity index (χ0) is 15.4. The molecule has 22 heavy (non-hydrogen) atoms. The summed E-state index contributed by atoms with van der Waals surface area (Å²) in [4.78, 5) is 6.90. The molecule has 1 N–H and O–H groups in total. The smallest absolute Gasteiger partial charge is 0.128 e. The number of hydrogen-bond acceptors (Lipinski definition) is 3. The van der Waals surface area contributed by atoms with E-state index in [4.69, 9.17) is 0 Å². The molecule has 0 aliphatic carbocycles. The van der Waals surface area contributed by atoms with Crippen LogP contribution in [0.5, 0.6) is 0 Å². The van der Waals surface area contributed by atoms with Crippen molar-refractivity contribution in [3.63, 3.8) is 0 Å². The third-order valence-corrected chi connectivity index (χ3v) is 4.15. The molecule has 1 saturated heterocycles. The van der Waals surface area contributed by atoms with E-state index in [0.29, 0.717) is 5.56 Å². The Morgan fingerprint density at radius 1 is 1.14 bits per heavy atom. The van der Waals surface area contributed by atoms with Gasteiger partial charge in [-0.25, -0.2) is 4.39 Å². The van der Waals surface area contributed by atoms with Gasteiger partial charge in [-0.05, 0) is 37.6 Å². The van der Waals surface area contributed by atoms with Crippen LogP contribution in [0.3, 0.4) is 0 Å².